The Bertz CT molecular complexity index is 1270. The molecule has 6 heteroatoms. The number of rotatable bonds is 6. The van der Waals surface area contributed by atoms with Crippen molar-refractivity contribution in [3.8, 4) is 0 Å². The molecule has 3 aromatic rings. The van der Waals surface area contributed by atoms with Gasteiger partial charge in [0.15, 0.2) is 10.9 Å². The molecule has 0 N–H and O–H groups in total. The monoisotopic (exact) mass is 474 g/mol. The summed E-state index contributed by atoms with van der Waals surface area (Å²) in [6.07, 6.45) is 6.41. The second kappa shape index (κ2) is 9.80. The Labute approximate surface area is 203 Å². The number of halogens is 1. The molecule has 5 rings (SSSR count). The number of hydrogen-bond acceptors (Lipinski definition) is 5. The fourth-order valence-electron chi connectivity index (χ4n) is 4.78. The largest absolute Gasteiger partial charge is 0.297 e. The number of likely N-dealkylation sites (tertiary alicyclic amines) is 1. The van der Waals surface area contributed by atoms with Crippen LogP contribution in [0.3, 0.4) is 0 Å². The van der Waals surface area contributed by atoms with Crippen molar-refractivity contribution in [1.82, 2.24) is 9.88 Å². The standard InChI is InChI=1S/C28H27FN2O2S/c1-18(32)34-26-12-13-31(27(28(33)20-10-11-20)23-7-3-4-8-24(23)29)17-22(26)15-19-14-21-6-2-5-9-25(21)30-16-19/h2-9,14-16,20,26-27H,10-13,17H2,1H3/b22-15-. The maximum atomic E-state index is 14.8. The summed E-state index contributed by atoms with van der Waals surface area (Å²) in [5, 5.41) is 1.15. The SMILES string of the molecule is CC(=O)SC1CCN(C(C(=O)C2CC2)c2ccccc2F)C/C1=C/c1cnc2ccccc2c1. The van der Waals surface area contributed by atoms with Crippen molar-refractivity contribution in [2.45, 2.75) is 37.5 Å². The Hall–Kier alpha value is -2.83. The maximum Gasteiger partial charge on any atom is 0.186 e. The molecule has 1 aromatic heterocycles. The van der Waals surface area contributed by atoms with Crippen molar-refractivity contribution in [2.24, 2.45) is 5.92 Å². The van der Waals surface area contributed by atoms with Gasteiger partial charge < -0.3 is 0 Å². The van der Waals surface area contributed by atoms with E-state index in [9.17, 15) is 14.0 Å². The van der Waals surface area contributed by atoms with Crippen molar-refractivity contribution in [2.75, 3.05) is 13.1 Å². The third-order valence-electron chi connectivity index (χ3n) is 6.56. The van der Waals surface area contributed by atoms with Crippen LogP contribution < -0.4 is 0 Å². The summed E-state index contributed by atoms with van der Waals surface area (Å²) in [5.41, 5.74) is 3.40. The number of ketones is 1. The van der Waals surface area contributed by atoms with Crippen LogP contribution >= 0.6 is 11.8 Å². The number of Topliss-reactive ketones (excluding diaryl/α,β-unsaturated/α-hetero) is 1. The van der Waals surface area contributed by atoms with Crippen molar-refractivity contribution in [1.29, 1.82) is 0 Å². The molecule has 1 aliphatic heterocycles. The molecule has 2 aromatic carbocycles. The number of carbonyl (C=O) groups is 2. The lowest BCUT2D eigenvalue weighted by Crippen LogP contribution is -2.43. The minimum absolute atomic E-state index is 0.0195. The zero-order valence-corrected chi connectivity index (χ0v) is 19.9. The van der Waals surface area contributed by atoms with Gasteiger partial charge >= 0.3 is 0 Å². The second-order valence-corrected chi connectivity index (χ2v) is 10.5. The van der Waals surface area contributed by atoms with Gasteiger partial charge in [-0.3, -0.25) is 19.5 Å². The fourth-order valence-corrected chi connectivity index (χ4v) is 5.69. The molecular formula is C28H27FN2O2S. The highest BCUT2D eigenvalue weighted by molar-refractivity contribution is 8.14. The van der Waals surface area contributed by atoms with Crippen LogP contribution in [0.1, 0.15) is 43.4 Å². The van der Waals surface area contributed by atoms with Crippen molar-refractivity contribution in [3.05, 3.63) is 83.3 Å². The molecule has 0 amide bonds. The average molecular weight is 475 g/mol. The molecule has 1 saturated heterocycles. The van der Waals surface area contributed by atoms with E-state index in [1.54, 1.807) is 25.1 Å². The van der Waals surface area contributed by atoms with E-state index in [0.29, 0.717) is 18.7 Å². The molecule has 174 valence electrons. The zero-order chi connectivity index (χ0) is 23.7. The van der Waals surface area contributed by atoms with E-state index in [0.717, 1.165) is 41.3 Å². The number of fused-ring (bicyclic) bond motifs is 1. The Morgan fingerprint density at radius 2 is 1.88 bits per heavy atom. The van der Waals surface area contributed by atoms with Gasteiger partial charge in [-0.15, -0.1) is 0 Å². The molecule has 4 nitrogen and oxygen atoms in total. The van der Waals surface area contributed by atoms with Crippen LogP contribution in [-0.4, -0.2) is 39.1 Å². The predicted octanol–water partition coefficient (Wildman–Crippen LogP) is 5.83. The van der Waals surface area contributed by atoms with Crippen molar-refractivity contribution in [3.63, 3.8) is 0 Å². The first-order valence-corrected chi connectivity index (χ1v) is 12.6. The van der Waals surface area contributed by atoms with Crippen LogP contribution in [0.25, 0.3) is 17.0 Å². The highest BCUT2D eigenvalue weighted by Crippen LogP contribution is 2.40. The maximum absolute atomic E-state index is 14.8. The number of para-hydroxylation sites is 1. The first-order valence-electron chi connectivity index (χ1n) is 11.7. The Balaban J connectivity index is 1.50. The second-order valence-electron chi connectivity index (χ2n) is 9.14. The highest BCUT2D eigenvalue weighted by atomic mass is 32.2. The minimum Gasteiger partial charge on any atom is -0.297 e. The summed E-state index contributed by atoms with van der Waals surface area (Å²) >= 11 is 1.33. The van der Waals surface area contributed by atoms with Gasteiger partial charge in [0.25, 0.3) is 0 Å². The number of carbonyl (C=O) groups excluding carboxylic acids is 2. The van der Waals surface area contributed by atoms with Crippen LogP contribution in [0, 0.1) is 11.7 Å². The molecule has 0 radical (unpaired) electrons. The van der Waals surface area contributed by atoms with Crippen LogP contribution in [0.5, 0.6) is 0 Å². The first kappa shape index (κ1) is 22.9. The quantitative estimate of drug-likeness (QED) is 0.450. The molecule has 34 heavy (non-hydrogen) atoms. The molecule has 1 aliphatic carbocycles. The highest BCUT2D eigenvalue weighted by Gasteiger charge is 2.41. The van der Waals surface area contributed by atoms with Crippen molar-refractivity contribution >= 4 is 39.6 Å². The van der Waals surface area contributed by atoms with E-state index in [2.05, 4.69) is 22.0 Å². The minimum atomic E-state index is -0.602. The summed E-state index contributed by atoms with van der Waals surface area (Å²) in [4.78, 5) is 32.0. The smallest absolute Gasteiger partial charge is 0.186 e. The molecule has 0 spiro atoms. The number of hydrogen-bond donors (Lipinski definition) is 0. The van der Waals surface area contributed by atoms with Gasteiger partial charge in [-0.05, 0) is 48.6 Å². The first-order chi connectivity index (χ1) is 16.5. The Morgan fingerprint density at radius 1 is 1.12 bits per heavy atom. The number of aromatic nitrogens is 1. The molecular weight excluding hydrogens is 447 g/mol. The van der Waals surface area contributed by atoms with Crippen LogP contribution in [0.2, 0.25) is 0 Å². The summed E-state index contributed by atoms with van der Waals surface area (Å²) < 4.78 is 14.8. The van der Waals surface area contributed by atoms with E-state index >= 15 is 0 Å². The topological polar surface area (TPSA) is 50.3 Å². The normalized spacial score (nSPS) is 21.0. The molecule has 2 unspecified atom stereocenters. The van der Waals surface area contributed by atoms with Gasteiger partial charge in [-0.25, -0.2) is 4.39 Å². The molecule has 2 fully saturated rings. The lowest BCUT2D eigenvalue weighted by Gasteiger charge is -2.38. The van der Waals surface area contributed by atoms with E-state index < -0.39 is 6.04 Å². The zero-order valence-electron chi connectivity index (χ0n) is 19.1. The lowest BCUT2D eigenvalue weighted by atomic mass is 9.93. The molecule has 1 saturated carbocycles. The number of nitrogens with zero attached hydrogens (tertiary/aromatic N) is 2. The Kier molecular flexibility index (Phi) is 6.61. The predicted molar refractivity (Wildman–Crippen MR) is 135 cm³/mol. The summed E-state index contributed by atoms with van der Waals surface area (Å²) in [6.45, 7) is 2.73. The Morgan fingerprint density at radius 3 is 2.65 bits per heavy atom. The lowest BCUT2D eigenvalue weighted by molar-refractivity contribution is -0.126. The summed E-state index contributed by atoms with van der Waals surface area (Å²) in [7, 11) is 0. The fraction of sp³-hybridized carbons (Fsp3) is 0.321. The number of pyridine rings is 1. The molecule has 2 atom stereocenters. The van der Waals surface area contributed by atoms with Gasteiger partial charge in [-0.1, -0.05) is 54.2 Å². The molecule has 2 heterocycles. The molecule has 0 bridgehead atoms. The van der Waals surface area contributed by atoms with Gasteiger partial charge in [0, 0.05) is 48.3 Å². The van der Waals surface area contributed by atoms with Crippen molar-refractivity contribution < 1.29 is 14.0 Å². The van der Waals surface area contributed by atoms with Crippen LogP contribution in [0.15, 0.2) is 66.4 Å². The van der Waals surface area contributed by atoms with E-state index in [4.69, 9.17) is 0 Å². The third-order valence-corrected chi connectivity index (χ3v) is 7.72. The number of benzene rings is 2. The van der Waals surface area contributed by atoms with Gasteiger partial charge in [-0.2, -0.15) is 0 Å². The number of thioether (sulfide) groups is 1. The van der Waals surface area contributed by atoms with Crippen LogP contribution in [0.4, 0.5) is 4.39 Å². The molecule has 2 aliphatic rings. The van der Waals surface area contributed by atoms with Gasteiger partial charge in [0.05, 0.1) is 11.6 Å². The number of piperidine rings is 1. The van der Waals surface area contributed by atoms with E-state index in [1.807, 2.05) is 30.5 Å². The van der Waals surface area contributed by atoms with Crippen LogP contribution in [-0.2, 0) is 9.59 Å². The summed E-state index contributed by atoms with van der Waals surface area (Å²) in [6, 6.07) is 16.1. The summed E-state index contributed by atoms with van der Waals surface area (Å²) in [5.74, 6) is -0.216. The van der Waals surface area contributed by atoms with E-state index in [-0.39, 0.29) is 27.9 Å². The van der Waals surface area contributed by atoms with Gasteiger partial charge in [0.1, 0.15) is 5.82 Å². The van der Waals surface area contributed by atoms with E-state index in [1.165, 1.54) is 17.8 Å². The third kappa shape index (κ3) is 4.98. The van der Waals surface area contributed by atoms with Gasteiger partial charge in [0.2, 0.25) is 0 Å². The average Bonchev–Trinajstić information content (AvgIpc) is 3.67.